The lowest BCUT2D eigenvalue weighted by atomic mass is 10.1. The van der Waals surface area contributed by atoms with Gasteiger partial charge in [0.25, 0.3) is 5.91 Å². The number of methoxy groups -OCH3 is 1. The molecule has 1 aliphatic rings. The molecule has 7 nitrogen and oxygen atoms in total. The molecule has 0 aliphatic carbocycles. The summed E-state index contributed by atoms with van der Waals surface area (Å²) in [5.41, 5.74) is 0.945. The average molecular weight is 374 g/mol. The van der Waals surface area contributed by atoms with Crippen molar-refractivity contribution in [1.82, 2.24) is 10.6 Å². The number of fused-ring (bicyclic) bond motifs is 1. The van der Waals surface area contributed by atoms with Crippen LogP contribution in [0.15, 0.2) is 36.4 Å². The summed E-state index contributed by atoms with van der Waals surface area (Å²) in [6, 6.07) is 8.81. The molecular weight excluding hydrogens is 355 g/mol. The Morgan fingerprint density at radius 2 is 1.96 bits per heavy atom. The van der Waals surface area contributed by atoms with E-state index in [1.807, 2.05) is 0 Å². The fraction of sp³-hybridized carbons (Fsp3) is 0.263. The second-order valence-corrected chi connectivity index (χ2v) is 5.93. The quantitative estimate of drug-likeness (QED) is 0.809. The Morgan fingerprint density at radius 1 is 1.19 bits per heavy atom. The molecule has 0 spiro atoms. The fourth-order valence-corrected chi connectivity index (χ4v) is 2.63. The van der Waals surface area contributed by atoms with Crippen LogP contribution in [0.1, 0.15) is 28.9 Å². The Kier molecular flexibility index (Phi) is 5.44. The first-order valence-corrected chi connectivity index (χ1v) is 8.28. The van der Waals surface area contributed by atoms with Crippen LogP contribution in [0.4, 0.5) is 4.39 Å². The van der Waals surface area contributed by atoms with Gasteiger partial charge in [-0.2, -0.15) is 0 Å². The van der Waals surface area contributed by atoms with Crippen LogP contribution in [0, 0.1) is 5.82 Å². The highest BCUT2D eigenvalue weighted by Gasteiger charge is 2.17. The molecule has 0 saturated carbocycles. The minimum Gasteiger partial charge on any atom is -0.494 e. The van der Waals surface area contributed by atoms with E-state index in [4.69, 9.17) is 14.2 Å². The highest BCUT2D eigenvalue weighted by Crippen LogP contribution is 2.32. The van der Waals surface area contributed by atoms with E-state index < -0.39 is 23.7 Å². The summed E-state index contributed by atoms with van der Waals surface area (Å²) >= 11 is 0. The number of hydrogen-bond donors (Lipinski definition) is 2. The third kappa shape index (κ3) is 4.28. The van der Waals surface area contributed by atoms with Crippen molar-refractivity contribution >= 4 is 11.8 Å². The monoisotopic (exact) mass is 374 g/mol. The molecule has 0 bridgehead atoms. The highest BCUT2D eigenvalue weighted by molar-refractivity contribution is 5.97. The van der Waals surface area contributed by atoms with Gasteiger partial charge in [0.1, 0.15) is 0 Å². The molecule has 142 valence electrons. The molecule has 0 radical (unpaired) electrons. The summed E-state index contributed by atoms with van der Waals surface area (Å²) < 4.78 is 29.0. The molecule has 0 unspecified atom stereocenters. The second-order valence-electron chi connectivity index (χ2n) is 5.93. The van der Waals surface area contributed by atoms with Crippen LogP contribution in [0.5, 0.6) is 17.2 Å². The smallest absolute Gasteiger partial charge is 0.251 e. The van der Waals surface area contributed by atoms with Crippen LogP contribution in [0.2, 0.25) is 0 Å². The van der Waals surface area contributed by atoms with Gasteiger partial charge < -0.3 is 24.8 Å². The molecule has 1 atom stereocenters. The van der Waals surface area contributed by atoms with Gasteiger partial charge in [0, 0.05) is 5.56 Å². The van der Waals surface area contributed by atoms with Crippen molar-refractivity contribution in [1.29, 1.82) is 0 Å². The number of halogens is 1. The first-order chi connectivity index (χ1) is 13.0. The minimum atomic E-state index is -0.507. The number of carbonyl (C=O) groups is 2. The fourth-order valence-electron chi connectivity index (χ4n) is 2.63. The maximum Gasteiger partial charge on any atom is 0.251 e. The van der Waals surface area contributed by atoms with Crippen LogP contribution in [-0.4, -0.2) is 32.3 Å². The molecule has 3 rings (SSSR count). The molecule has 1 heterocycles. The Bertz CT molecular complexity index is 871. The van der Waals surface area contributed by atoms with Crippen LogP contribution >= 0.6 is 0 Å². The van der Waals surface area contributed by atoms with E-state index in [-0.39, 0.29) is 19.1 Å². The van der Waals surface area contributed by atoms with Crippen molar-refractivity contribution in [2.24, 2.45) is 0 Å². The van der Waals surface area contributed by atoms with E-state index in [0.717, 1.165) is 0 Å². The summed E-state index contributed by atoms with van der Waals surface area (Å²) in [5, 5.41) is 5.24. The normalized spacial score (nSPS) is 13.0. The molecular formula is C19H19FN2O5. The molecule has 2 N–H and O–H groups in total. The van der Waals surface area contributed by atoms with Crippen molar-refractivity contribution in [3.63, 3.8) is 0 Å². The Balaban J connectivity index is 1.53. The maximum atomic E-state index is 13.8. The van der Waals surface area contributed by atoms with Crippen molar-refractivity contribution in [2.45, 2.75) is 13.0 Å². The van der Waals surface area contributed by atoms with Gasteiger partial charge in [-0.05, 0) is 42.8 Å². The van der Waals surface area contributed by atoms with Crippen LogP contribution in [-0.2, 0) is 4.79 Å². The summed E-state index contributed by atoms with van der Waals surface area (Å²) in [4.78, 5) is 24.2. The lowest BCUT2D eigenvalue weighted by molar-refractivity contribution is -0.120. The van der Waals surface area contributed by atoms with E-state index in [1.165, 1.54) is 19.2 Å². The number of amides is 2. The number of carbonyl (C=O) groups excluding carboxylic acids is 2. The van der Waals surface area contributed by atoms with Gasteiger partial charge in [0.15, 0.2) is 23.1 Å². The van der Waals surface area contributed by atoms with Crippen molar-refractivity contribution in [3.8, 4) is 17.2 Å². The lowest BCUT2D eigenvalue weighted by Crippen LogP contribution is -2.38. The molecule has 8 heteroatoms. The molecule has 2 aromatic carbocycles. The maximum absolute atomic E-state index is 13.8. The van der Waals surface area contributed by atoms with Crippen LogP contribution in [0.25, 0.3) is 0 Å². The van der Waals surface area contributed by atoms with Crippen molar-refractivity contribution < 1.29 is 28.2 Å². The number of benzene rings is 2. The van der Waals surface area contributed by atoms with Gasteiger partial charge >= 0.3 is 0 Å². The molecule has 0 fully saturated rings. The highest BCUT2D eigenvalue weighted by atomic mass is 19.1. The average Bonchev–Trinajstić information content (AvgIpc) is 3.13. The zero-order chi connectivity index (χ0) is 19.4. The predicted octanol–water partition coefficient (Wildman–Crippen LogP) is 2.17. The van der Waals surface area contributed by atoms with E-state index in [1.54, 1.807) is 31.2 Å². The van der Waals surface area contributed by atoms with E-state index in [0.29, 0.717) is 22.6 Å². The SMILES string of the molecule is COc1ccc([C@H](C)NC(=O)CNC(=O)c2ccc3c(c2)OCO3)cc1F. The number of nitrogens with one attached hydrogen (secondary N) is 2. The van der Waals surface area contributed by atoms with E-state index >= 15 is 0 Å². The number of rotatable bonds is 6. The van der Waals surface area contributed by atoms with Crippen LogP contribution < -0.4 is 24.8 Å². The predicted molar refractivity (Wildman–Crippen MR) is 94.4 cm³/mol. The Morgan fingerprint density at radius 3 is 2.70 bits per heavy atom. The molecule has 0 saturated heterocycles. The lowest BCUT2D eigenvalue weighted by Gasteiger charge is -2.15. The first-order valence-electron chi connectivity index (χ1n) is 8.28. The third-order valence-corrected chi connectivity index (χ3v) is 4.10. The molecule has 2 aromatic rings. The summed E-state index contributed by atoms with van der Waals surface area (Å²) in [5.74, 6) is -0.119. The van der Waals surface area contributed by atoms with Gasteiger partial charge in [-0.3, -0.25) is 9.59 Å². The minimum absolute atomic E-state index is 0.118. The molecule has 1 aliphatic heterocycles. The molecule has 0 aromatic heterocycles. The van der Waals surface area contributed by atoms with Gasteiger partial charge in [0.05, 0.1) is 19.7 Å². The van der Waals surface area contributed by atoms with Crippen LogP contribution in [0.3, 0.4) is 0 Å². The Labute approximate surface area is 155 Å². The number of hydrogen-bond acceptors (Lipinski definition) is 5. The Hall–Kier alpha value is -3.29. The van der Waals surface area contributed by atoms with Gasteiger partial charge in [-0.15, -0.1) is 0 Å². The topological polar surface area (TPSA) is 85.9 Å². The summed E-state index contributed by atoms with van der Waals surface area (Å²) in [6.07, 6.45) is 0. The van der Waals surface area contributed by atoms with E-state index in [9.17, 15) is 14.0 Å². The second kappa shape index (κ2) is 7.94. The third-order valence-electron chi connectivity index (χ3n) is 4.10. The zero-order valence-corrected chi connectivity index (χ0v) is 14.9. The van der Waals surface area contributed by atoms with Gasteiger partial charge in [-0.25, -0.2) is 4.39 Å². The summed E-state index contributed by atoms with van der Waals surface area (Å²) in [6.45, 7) is 1.63. The van der Waals surface area contributed by atoms with Crippen molar-refractivity contribution in [3.05, 3.63) is 53.3 Å². The van der Waals surface area contributed by atoms with E-state index in [2.05, 4.69) is 10.6 Å². The number of ether oxygens (including phenoxy) is 3. The van der Waals surface area contributed by atoms with Crippen molar-refractivity contribution in [2.75, 3.05) is 20.4 Å². The van der Waals surface area contributed by atoms with Gasteiger partial charge in [-0.1, -0.05) is 6.07 Å². The summed E-state index contributed by atoms with van der Waals surface area (Å²) in [7, 11) is 1.38. The zero-order valence-electron chi connectivity index (χ0n) is 14.9. The molecule has 27 heavy (non-hydrogen) atoms. The standard InChI is InChI=1S/C19H19FN2O5/c1-11(12-3-5-15(25-2)14(20)7-12)22-18(23)9-21-19(24)13-4-6-16-17(8-13)27-10-26-16/h3-8,11H,9-10H2,1-2H3,(H,21,24)(H,22,23)/t11-/m0/s1. The van der Waals surface area contributed by atoms with Gasteiger partial charge in [0.2, 0.25) is 12.7 Å². The first kappa shape index (κ1) is 18.5. The largest absolute Gasteiger partial charge is 0.494 e. The molecule has 2 amide bonds.